The molecule has 7 nitrogen and oxygen atoms in total. The number of nitrogens with one attached hydrogen (secondary N) is 1. The summed E-state index contributed by atoms with van der Waals surface area (Å²) in [6.07, 6.45) is 3.16. The van der Waals surface area contributed by atoms with E-state index in [1.54, 1.807) is 14.2 Å². The molecule has 2 N–H and O–H groups in total. The summed E-state index contributed by atoms with van der Waals surface area (Å²) in [5, 5.41) is 11.8. The first-order valence-electron chi connectivity index (χ1n) is 7.69. The number of aliphatic carboxylic acids is 1. The van der Waals surface area contributed by atoms with Crippen LogP contribution in [0.15, 0.2) is 0 Å². The van der Waals surface area contributed by atoms with Gasteiger partial charge >= 0.3 is 5.97 Å². The summed E-state index contributed by atoms with van der Waals surface area (Å²) in [7, 11) is 3.18. The number of rotatable bonds is 8. The second-order valence-electron chi connectivity index (χ2n) is 5.79. The lowest BCUT2D eigenvalue weighted by atomic mass is 9.81. The quantitative estimate of drug-likeness (QED) is 0.636. The summed E-state index contributed by atoms with van der Waals surface area (Å²) in [6.45, 7) is 1.09. The minimum Gasteiger partial charge on any atom is -0.481 e. The van der Waals surface area contributed by atoms with Gasteiger partial charge < -0.3 is 20.1 Å². The number of carboxylic acids is 1. The molecule has 2 unspecified atom stereocenters. The van der Waals surface area contributed by atoms with Crippen molar-refractivity contribution in [1.82, 2.24) is 10.2 Å². The highest BCUT2D eigenvalue weighted by atomic mass is 16.5. The Bertz CT molecular complexity index is 399. The maximum absolute atomic E-state index is 12.3. The van der Waals surface area contributed by atoms with Crippen LogP contribution in [0.1, 0.15) is 32.1 Å². The van der Waals surface area contributed by atoms with E-state index in [1.807, 2.05) is 0 Å². The van der Waals surface area contributed by atoms with Crippen molar-refractivity contribution in [3.8, 4) is 0 Å². The van der Waals surface area contributed by atoms with Gasteiger partial charge in [-0.1, -0.05) is 6.42 Å². The van der Waals surface area contributed by atoms with Crippen LogP contribution in [0.5, 0.6) is 0 Å². The number of likely N-dealkylation sites (N-methyl/N-ethyl adjacent to an activating group) is 1. The van der Waals surface area contributed by atoms with Crippen LogP contribution >= 0.6 is 0 Å². The molecule has 1 saturated carbocycles. The zero-order chi connectivity index (χ0) is 16.5. The summed E-state index contributed by atoms with van der Waals surface area (Å²) >= 11 is 0. The normalized spacial score (nSPS) is 21.2. The third kappa shape index (κ3) is 6.01. The first-order chi connectivity index (χ1) is 10.5. The van der Waals surface area contributed by atoms with Crippen molar-refractivity contribution in [2.24, 2.45) is 11.8 Å². The molecular formula is C15H26N2O5. The number of carbonyl (C=O) groups is 3. The lowest BCUT2D eigenvalue weighted by Crippen LogP contribution is -2.42. The Balaban J connectivity index is 2.37. The molecule has 0 aromatic carbocycles. The van der Waals surface area contributed by atoms with Crippen LogP contribution in [0.4, 0.5) is 0 Å². The van der Waals surface area contributed by atoms with Gasteiger partial charge in [0, 0.05) is 33.2 Å². The SMILES string of the molecule is COCCCNC(=O)CN(C)C(=O)C1CCCC(C(=O)O)C1. The first-order valence-corrected chi connectivity index (χ1v) is 7.69. The third-order valence-electron chi connectivity index (χ3n) is 3.98. The summed E-state index contributed by atoms with van der Waals surface area (Å²) < 4.78 is 4.89. The van der Waals surface area contributed by atoms with E-state index in [-0.39, 0.29) is 24.3 Å². The highest BCUT2D eigenvalue weighted by Gasteiger charge is 2.32. The zero-order valence-corrected chi connectivity index (χ0v) is 13.3. The van der Waals surface area contributed by atoms with Crippen LogP contribution in [0.2, 0.25) is 0 Å². The molecule has 1 rings (SSSR count). The predicted molar refractivity (Wildman–Crippen MR) is 80.2 cm³/mol. The van der Waals surface area contributed by atoms with Gasteiger partial charge in [-0.15, -0.1) is 0 Å². The van der Waals surface area contributed by atoms with Gasteiger partial charge in [0.2, 0.25) is 11.8 Å². The van der Waals surface area contributed by atoms with Gasteiger partial charge in [-0.05, 0) is 25.7 Å². The fourth-order valence-corrected chi connectivity index (χ4v) is 2.74. The molecule has 0 spiro atoms. The maximum atomic E-state index is 12.3. The van der Waals surface area contributed by atoms with Crippen LogP contribution in [-0.2, 0) is 19.1 Å². The Hall–Kier alpha value is -1.63. The molecule has 0 aromatic heterocycles. The minimum atomic E-state index is -0.837. The molecule has 1 aliphatic carbocycles. The molecule has 1 aliphatic rings. The molecule has 0 bridgehead atoms. The van der Waals surface area contributed by atoms with Gasteiger partial charge in [0.1, 0.15) is 0 Å². The van der Waals surface area contributed by atoms with Gasteiger partial charge in [0.05, 0.1) is 12.5 Å². The second-order valence-corrected chi connectivity index (χ2v) is 5.79. The van der Waals surface area contributed by atoms with Crippen molar-refractivity contribution in [3.63, 3.8) is 0 Å². The number of hydrogen-bond donors (Lipinski definition) is 2. The van der Waals surface area contributed by atoms with E-state index >= 15 is 0 Å². The Morgan fingerprint density at radius 1 is 1.27 bits per heavy atom. The zero-order valence-electron chi connectivity index (χ0n) is 13.3. The van der Waals surface area contributed by atoms with Crippen molar-refractivity contribution >= 4 is 17.8 Å². The molecule has 126 valence electrons. The van der Waals surface area contributed by atoms with Crippen molar-refractivity contribution < 1.29 is 24.2 Å². The lowest BCUT2D eigenvalue weighted by Gasteiger charge is -2.29. The number of methoxy groups -OCH3 is 1. The number of nitrogens with zero attached hydrogens (tertiary/aromatic N) is 1. The summed E-state index contributed by atoms with van der Waals surface area (Å²) in [5.41, 5.74) is 0. The Labute approximate surface area is 131 Å². The third-order valence-corrected chi connectivity index (χ3v) is 3.98. The largest absolute Gasteiger partial charge is 0.481 e. The molecule has 0 saturated heterocycles. The van der Waals surface area contributed by atoms with Crippen LogP contribution < -0.4 is 5.32 Å². The highest BCUT2D eigenvalue weighted by Crippen LogP contribution is 2.30. The summed E-state index contributed by atoms with van der Waals surface area (Å²) in [5.74, 6) is -1.92. The lowest BCUT2D eigenvalue weighted by molar-refractivity contribution is -0.146. The summed E-state index contributed by atoms with van der Waals surface area (Å²) in [4.78, 5) is 36.5. The van der Waals surface area contributed by atoms with Crippen molar-refractivity contribution in [1.29, 1.82) is 0 Å². The van der Waals surface area contributed by atoms with E-state index in [9.17, 15) is 14.4 Å². The molecule has 0 aliphatic heterocycles. The fraction of sp³-hybridized carbons (Fsp3) is 0.800. The van der Waals surface area contributed by atoms with Crippen molar-refractivity contribution in [3.05, 3.63) is 0 Å². The number of ether oxygens (including phenoxy) is 1. The molecule has 0 radical (unpaired) electrons. The second kappa shape index (κ2) is 9.40. The molecule has 22 heavy (non-hydrogen) atoms. The smallest absolute Gasteiger partial charge is 0.306 e. The van der Waals surface area contributed by atoms with E-state index < -0.39 is 11.9 Å². The number of carbonyl (C=O) groups excluding carboxylic acids is 2. The van der Waals surface area contributed by atoms with Gasteiger partial charge in [-0.2, -0.15) is 0 Å². The van der Waals surface area contributed by atoms with E-state index in [1.165, 1.54) is 4.90 Å². The molecule has 7 heteroatoms. The predicted octanol–water partition coefficient (Wildman–Crippen LogP) is 0.489. The summed E-state index contributed by atoms with van der Waals surface area (Å²) in [6, 6.07) is 0. The topological polar surface area (TPSA) is 95.9 Å². The van der Waals surface area contributed by atoms with Crippen LogP contribution in [-0.4, -0.2) is 61.6 Å². The van der Waals surface area contributed by atoms with Gasteiger partial charge in [0.15, 0.2) is 0 Å². The molecule has 0 aromatic rings. The molecule has 2 atom stereocenters. The monoisotopic (exact) mass is 314 g/mol. The first kappa shape index (κ1) is 18.4. The van der Waals surface area contributed by atoms with Gasteiger partial charge in [-0.3, -0.25) is 14.4 Å². The average molecular weight is 314 g/mol. The molecule has 1 fully saturated rings. The number of carboxylic acid groups (broad SMARTS) is 1. The van der Waals surface area contributed by atoms with E-state index in [0.717, 1.165) is 12.8 Å². The molecular weight excluding hydrogens is 288 g/mol. The van der Waals surface area contributed by atoms with Crippen LogP contribution in [0.3, 0.4) is 0 Å². The maximum Gasteiger partial charge on any atom is 0.306 e. The Morgan fingerprint density at radius 3 is 2.59 bits per heavy atom. The van der Waals surface area contributed by atoms with E-state index in [0.29, 0.717) is 32.4 Å². The van der Waals surface area contributed by atoms with Crippen molar-refractivity contribution in [2.75, 3.05) is 33.9 Å². The fourth-order valence-electron chi connectivity index (χ4n) is 2.74. The van der Waals surface area contributed by atoms with Crippen LogP contribution in [0.25, 0.3) is 0 Å². The number of amides is 2. The minimum absolute atomic E-state index is 0.0000531. The average Bonchev–Trinajstić information content (AvgIpc) is 2.50. The van der Waals surface area contributed by atoms with Crippen molar-refractivity contribution in [2.45, 2.75) is 32.1 Å². The van der Waals surface area contributed by atoms with Crippen LogP contribution in [0, 0.1) is 11.8 Å². The number of hydrogen-bond acceptors (Lipinski definition) is 4. The van der Waals surface area contributed by atoms with E-state index in [4.69, 9.17) is 9.84 Å². The van der Waals surface area contributed by atoms with Gasteiger partial charge in [-0.25, -0.2) is 0 Å². The Kier molecular flexibility index (Phi) is 7.87. The Morgan fingerprint density at radius 2 is 1.95 bits per heavy atom. The molecule has 2 amide bonds. The van der Waals surface area contributed by atoms with Gasteiger partial charge in [0.25, 0.3) is 0 Å². The highest BCUT2D eigenvalue weighted by molar-refractivity contribution is 5.86. The standard InChI is InChI=1S/C15H26N2O5/c1-17(10-13(18)16-7-4-8-22-2)14(19)11-5-3-6-12(9-11)15(20)21/h11-12H,3-10H2,1-2H3,(H,16,18)(H,20,21). The van der Waals surface area contributed by atoms with E-state index in [2.05, 4.69) is 5.32 Å². The molecule has 0 heterocycles.